The number of aromatic hydroxyl groups is 2. The number of phenols is 2. The molecule has 3 aromatic rings. The Labute approximate surface area is 236 Å². The molecule has 0 radical (unpaired) electrons. The van der Waals surface area contributed by atoms with Gasteiger partial charge in [0.2, 0.25) is 0 Å². The van der Waals surface area contributed by atoms with Gasteiger partial charge < -0.3 is 50.5 Å². The lowest BCUT2D eigenvalue weighted by atomic mass is 9.77. The third-order valence-corrected chi connectivity index (χ3v) is 7.46. The quantitative estimate of drug-likeness (QED) is 0.112. The number of benzene rings is 3. The lowest BCUT2D eigenvalue weighted by molar-refractivity contribution is -0.130. The zero-order chi connectivity index (χ0) is 29.2. The first kappa shape index (κ1) is 26.9. The molecule has 0 bridgehead atoms. The molecule has 0 unspecified atom stereocenters. The summed E-state index contributed by atoms with van der Waals surface area (Å²) < 4.78 is 11.9. The zero-order valence-corrected chi connectivity index (χ0v) is 21.6. The van der Waals surface area contributed by atoms with Gasteiger partial charge in [0.1, 0.15) is 59.2 Å². The first-order valence-electron chi connectivity index (χ1n) is 12.3. The smallest absolute Gasteiger partial charge is 0.340 e. The van der Waals surface area contributed by atoms with Crippen molar-refractivity contribution in [1.82, 2.24) is 5.43 Å². The Morgan fingerprint density at radius 3 is 1.95 bits per heavy atom. The second kappa shape index (κ2) is 9.66. The second-order valence-corrected chi connectivity index (χ2v) is 10.2. The number of hydrogen-bond donors (Lipinski definition) is 9. The maximum atomic E-state index is 13.2. The number of esters is 1. The Bertz CT molecular complexity index is 1560. The molecule has 9 N–H and O–H groups in total. The molecule has 1 fully saturated rings. The summed E-state index contributed by atoms with van der Waals surface area (Å²) in [7, 11) is 0. The zero-order valence-electron chi connectivity index (χ0n) is 20.8. The van der Waals surface area contributed by atoms with Crippen LogP contribution in [0.25, 0.3) is 0 Å². The Morgan fingerprint density at radius 1 is 0.805 bits per heavy atom. The van der Waals surface area contributed by atoms with Crippen LogP contribution >= 0.6 is 12.2 Å². The fourth-order valence-corrected chi connectivity index (χ4v) is 5.45. The van der Waals surface area contributed by atoms with E-state index in [-0.39, 0.29) is 33.7 Å². The van der Waals surface area contributed by atoms with Crippen molar-refractivity contribution < 1.29 is 50.0 Å². The van der Waals surface area contributed by atoms with Crippen molar-refractivity contribution in [3.63, 3.8) is 0 Å². The van der Waals surface area contributed by atoms with Crippen LogP contribution in [0.1, 0.15) is 27.0 Å². The number of rotatable bonds is 2. The van der Waals surface area contributed by atoms with Crippen LogP contribution in [0.4, 0.5) is 5.69 Å². The second-order valence-electron chi connectivity index (χ2n) is 9.76. The lowest BCUT2D eigenvalue weighted by Crippen LogP contribution is -2.62. The van der Waals surface area contributed by atoms with E-state index in [1.54, 1.807) is 24.3 Å². The van der Waals surface area contributed by atoms with Gasteiger partial charge in [-0.3, -0.25) is 5.43 Å². The average molecular weight is 582 g/mol. The summed E-state index contributed by atoms with van der Waals surface area (Å²) in [6.45, 7) is 0. The van der Waals surface area contributed by atoms with Gasteiger partial charge in [0.15, 0.2) is 10.7 Å². The number of nitrogens with zero attached hydrogens (tertiary/aromatic N) is 1. The molecule has 41 heavy (non-hydrogen) atoms. The summed E-state index contributed by atoms with van der Waals surface area (Å²) in [6.07, 6.45) is -8.86. The van der Waals surface area contributed by atoms with Gasteiger partial charge in [0.05, 0.1) is 5.56 Å². The summed E-state index contributed by atoms with van der Waals surface area (Å²) in [4.78, 5) is 13.2. The van der Waals surface area contributed by atoms with Crippen molar-refractivity contribution in [2.24, 2.45) is 5.10 Å². The summed E-state index contributed by atoms with van der Waals surface area (Å²) in [5.74, 6) is -0.303. The highest BCUT2D eigenvalue weighted by Crippen LogP contribution is 2.57. The number of carbonyl (C=O) groups excluding carboxylic acids is 1. The summed E-state index contributed by atoms with van der Waals surface area (Å²) in [6, 6.07) is 13.6. The molecule has 1 spiro atoms. The average Bonchev–Trinajstić information content (AvgIpc) is 3.22. The summed E-state index contributed by atoms with van der Waals surface area (Å²) >= 11 is 5.22. The molecule has 6 rings (SSSR count). The fourth-order valence-electron chi connectivity index (χ4n) is 5.29. The molecule has 1 aliphatic carbocycles. The monoisotopic (exact) mass is 581 g/mol. The van der Waals surface area contributed by atoms with Gasteiger partial charge in [0, 0.05) is 34.5 Å². The Hall–Kier alpha value is -4.31. The predicted molar refractivity (Wildman–Crippen MR) is 145 cm³/mol. The van der Waals surface area contributed by atoms with Crippen molar-refractivity contribution in [3.8, 4) is 23.0 Å². The van der Waals surface area contributed by atoms with E-state index in [1.807, 2.05) is 0 Å². The molecular weight excluding hydrogens is 558 g/mol. The number of thiocarbonyl (C=S) groups is 1. The number of aliphatic hydroxyl groups excluding tert-OH is 5. The maximum Gasteiger partial charge on any atom is 0.340 e. The van der Waals surface area contributed by atoms with E-state index in [0.29, 0.717) is 22.4 Å². The predicted octanol–water partition coefficient (Wildman–Crippen LogP) is 0.126. The van der Waals surface area contributed by atoms with Gasteiger partial charge in [-0.15, -0.1) is 0 Å². The molecule has 5 atom stereocenters. The third kappa shape index (κ3) is 4.16. The van der Waals surface area contributed by atoms with Crippen LogP contribution in [0.5, 0.6) is 23.0 Å². The van der Waals surface area contributed by atoms with Crippen LogP contribution in [0.2, 0.25) is 0 Å². The lowest BCUT2D eigenvalue weighted by Gasteiger charge is -2.36. The van der Waals surface area contributed by atoms with Crippen molar-refractivity contribution >= 4 is 34.7 Å². The molecule has 1 saturated carbocycles. The van der Waals surface area contributed by atoms with Crippen LogP contribution in [-0.2, 0) is 10.3 Å². The van der Waals surface area contributed by atoms with Gasteiger partial charge >= 0.3 is 5.97 Å². The van der Waals surface area contributed by atoms with Crippen LogP contribution in [0.3, 0.4) is 0 Å². The van der Waals surface area contributed by atoms with E-state index in [4.69, 9.17) is 21.7 Å². The van der Waals surface area contributed by atoms with Gasteiger partial charge in [-0.05, 0) is 48.6 Å². The van der Waals surface area contributed by atoms with E-state index >= 15 is 0 Å². The number of phenolic OH excluding ortho intramolecular Hbond substituents is 2. The third-order valence-electron chi connectivity index (χ3n) is 7.27. The first-order valence-corrected chi connectivity index (χ1v) is 12.7. The number of fused-ring (bicyclic) bond motifs is 6. The highest BCUT2D eigenvalue weighted by Gasteiger charge is 2.53. The van der Waals surface area contributed by atoms with Crippen LogP contribution in [0.15, 0.2) is 59.7 Å². The van der Waals surface area contributed by atoms with Gasteiger partial charge in [-0.1, -0.05) is 6.07 Å². The summed E-state index contributed by atoms with van der Waals surface area (Å²) in [5.41, 5.74) is 2.48. The molecular formula is C27H23N3O10S. The molecule has 2 heterocycles. The molecule has 0 amide bonds. The highest BCUT2D eigenvalue weighted by atomic mass is 32.1. The topological polar surface area (TPSA) is 214 Å². The van der Waals surface area contributed by atoms with E-state index in [9.17, 15) is 40.5 Å². The van der Waals surface area contributed by atoms with E-state index in [2.05, 4.69) is 15.8 Å². The number of carbonyl (C=O) groups is 1. The van der Waals surface area contributed by atoms with Crippen molar-refractivity contribution in [3.05, 3.63) is 76.9 Å². The van der Waals surface area contributed by atoms with Crippen LogP contribution in [0, 0.1) is 0 Å². The minimum atomic E-state index is -1.78. The standard InChI is InChI=1S/C27H23N3O10S/c31-11-2-5-15-17(8-11)39-18-9-12(32)3-6-16(18)27(15)14-4-1-10(7-13(14)25(38)40-27)28-26(41)30-29-19-20(33)22(35)24(37)23(36)21(19)34/h1-9,20-24,31-37H,(H2,28,30,41)/b29-19-/t20-,21+,22+,23+,24-/m0/s1. The number of anilines is 1. The van der Waals surface area contributed by atoms with Crippen LogP contribution < -0.4 is 15.5 Å². The molecule has 2 aliphatic heterocycles. The number of aliphatic hydroxyl groups is 5. The number of ether oxygens (including phenoxy) is 2. The molecule has 0 aromatic heterocycles. The van der Waals surface area contributed by atoms with Crippen molar-refractivity contribution in [2.45, 2.75) is 36.1 Å². The van der Waals surface area contributed by atoms with E-state index in [0.717, 1.165) is 0 Å². The number of hydrogen-bond acceptors (Lipinski definition) is 12. The van der Waals surface area contributed by atoms with Crippen LogP contribution in [-0.4, -0.2) is 83.1 Å². The molecule has 14 heteroatoms. The molecule has 13 nitrogen and oxygen atoms in total. The minimum absolute atomic E-state index is 0.0651. The molecule has 3 aliphatic rings. The van der Waals surface area contributed by atoms with Gasteiger partial charge in [-0.2, -0.15) is 5.10 Å². The van der Waals surface area contributed by atoms with Gasteiger partial charge in [-0.25, -0.2) is 4.79 Å². The summed E-state index contributed by atoms with van der Waals surface area (Å²) in [5, 5.41) is 76.2. The highest BCUT2D eigenvalue weighted by molar-refractivity contribution is 7.80. The number of nitrogens with one attached hydrogen (secondary N) is 2. The van der Waals surface area contributed by atoms with Crippen molar-refractivity contribution in [2.75, 3.05) is 5.32 Å². The molecule has 212 valence electrons. The molecule has 3 aromatic carbocycles. The van der Waals surface area contributed by atoms with E-state index < -0.39 is 47.8 Å². The minimum Gasteiger partial charge on any atom is -0.508 e. The molecule has 0 saturated heterocycles. The first-order chi connectivity index (χ1) is 19.5. The SMILES string of the molecule is O=C1OC2(c3ccc(O)cc3Oc3cc(O)ccc32)c2ccc(NC(=S)N/N=C3\[C@@H](O)[C@@H](O)[C@@H](O)[C@H](O)[C@H]3O)cc21. The largest absolute Gasteiger partial charge is 0.508 e. The maximum absolute atomic E-state index is 13.2. The normalized spacial score (nSPS) is 26.4. The number of hydrazone groups is 1. The van der Waals surface area contributed by atoms with E-state index in [1.165, 1.54) is 30.3 Å². The Morgan fingerprint density at radius 2 is 1.37 bits per heavy atom. The fraction of sp³-hybridized carbons (Fsp3) is 0.222. The Balaban J connectivity index is 1.31. The van der Waals surface area contributed by atoms with Crippen molar-refractivity contribution in [1.29, 1.82) is 0 Å². The Kier molecular flexibility index (Phi) is 6.33. The van der Waals surface area contributed by atoms with Gasteiger partial charge in [0.25, 0.3) is 0 Å².